The lowest BCUT2D eigenvalue weighted by Gasteiger charge is -2.36. The van der Waals surface area contributed by atoms with Crippen molar-refractivity contribution in [2.24, 2.45) is 4.99 Å². The van der Waals surface area contributed by atoms with E-state index >= 15 is 0 Å². The summed E-state index contributed by atoms with van der Waals surface area (Å²) in [5, 5.41) is 3.52. The highest BCUT2D eigenvalue weighted by molar-refractivity contribution is 5.80. The molecule has 0 unspecified atom stereocenters. The van der Waals surface area contributed by atoms with Crippen molar-refractivity contribution in [2.75, 3.05) is 67.2 Å². The number of benzene rings is 1. The number of nitrogens with zero attached hydrogens (tertiary/aromatic N) is 3. The Morgan fingerprint density at radius 2 is 1.93 bits per heavy atom. The third-order valence-corrected chi connectivity index (χ3v) is 5.52. The van der Waals surface area contributed by atoms with E-state index in [2.05, 4.69) is 38.3 Å². The Hall–Kier alpha value is -2.25. The third-order valence-electron chi connectivity index (χ3n) is 5.52. The van der Waals surface area contributed by atoms with E-state index in [1.807, 2.05) is 13.1 Å². The van der Waals surface area contributed by atoms with Gasteiger partial charge in [-0.05, 0) is 30.5 Å². The minimum atomic E-state index is 0.756. The molecule has 1 saturated heterocycles. The van der Waals surface area contributed by atoms with Crippen LogP contribution < -0.4 is 14.8 Å². The fraction of sp³-hybridized carbons (Fsp3) is 0.591. The molecule has 29 heavy (non-hydrogen) atoms. The molecule has 1 aromatic carbocycles. The zero-order valence-corrected chi connectivity index (χ0v) is 17.9. The Morgan fingerprint density at radius 1 is 1.14 bits per heavy atom. The summed E-state index contributed by atoms with van der Waals surface area (Å²) in [4.78, 5) is 9.30. The summed E-state index contributed by atoms with van der Waals surface area (Å²) >= 11 is 0. The van der Waals surface area contributed by atoms with Gasteiger partial charge in [-0.3, -0.25) is 9.89 Å². The fourth-order valence-corrected chi connectivity index (χ4v) is 3.81. The van der Waals surface area contributed by atoms with Crippen molar-refractivity contribution in [3.8, 4) is 11.5 Å². The van der Waals surface area contributed by atoms with Gasteiger partial charge in [-0.15, -0.1) is 0 Å². The second kappa shape index (κ2) is 11.1. The van der Waals surface area contributed by atoms with E-state index in [0.29, 0.717) is 0 Å². The number of rotatable bonds is 7. The largest absolute Gasteiger partial charge is 0.493 e. The lowest BCUT2D eigenvalue weighted by Crippen LogP contribution is -2.52. The predicted molar refractivity (Wildman–Crippen MR) is 116 cm³/mol. The maximum Gasteiger partial charge on any atom is 0.193 e. The van der Waals surface area contributed by atoms with Crippen LogP contribution in [0.5, 0.6) is 11.5 Å². The predicted octanol–water partition coefficient (Wildman–Crippen LogP) is 2.13. The number of hydrogen-bond acceptors (Lipinski definition) is 5. The standard InChI is InChI=1S/C22H34N4O3/c1-23-22(24-9-6-18-7-14-29-15-8-18)26-12-10-25(11-13-26)17-19-4-5-20(27-2)21(16-19)28-3/h4-5,7,16H,6,8-15,17H2,1-3H3,(H,23,24). The first-order chi connectivity index (χ1) is 14.2. The van der Waals surface area contributed by atoms with E-state index < -0.39 is 0 Å². The molecule has 1 fully saturated rings. The molecule has 2 heterocycles. The smallest absolute Gasteiger partial charge is 0.193 e. The van der Waals surface area contributed by atoms with Gasteiger partial charge in [0, 0.05) is 46.3 Å². The summed E-state index contributed by atoms with van der Waals surface area (Å²) < 4.78 is 16.1. The maximum atomic E-state index is 5.42. The van der Waals surface area contributed by atoms with Gasteiger partial charge in [0.2, 0.25) is 0 Å². The Bertz CT molecular complexity index is 712. The maximum absolute atomic E-state index is 5.42. The van der Waals surface area contributed by atoms with Gasteiger partial charge in [0.25, 0.3) is 0 Å². The highest BCUT2D eigenvalue weighted by Crippen LogP contribution is 2.28. The molecule has 0 spiro atoms. The number of ether oxygens (including phenoxy) is 3. The Morgan fingerprint density at radius 3 is 2.59 bits per heavy atom. The first-order valence-corrected chi connectivity index (χ1v) is 10.4. The summed E-state index contributed by atoms with van der Waals surface area (Å²) in [7, 11) is 5.21. The summed E-state index contributed by atoms with van der Waals surface area (Å²) in [5.74, 6) is 2.56. The molecule has 1 N–H and O–H groups in total. The van der Waals surface area contributed by atoms with Crippen LogP contribution in [0.3, 0.4) is 0 Å². The number of piperazine rings is 1. The highest BCUT2D eigenvalue weighted by atomic mass is 16.5. The van der Waals surface area contributed by atoms with Gasteiger partial charge in [-0.1, -0.05) is 17.7 Å². The molecule has 160 valence electrons. The molecular formula is C22H34N4O3. The van der Waals surface area contributed by atoms with Crippen molar-refractivity contribution < 1.29 is 14.2 Å². The van der Waals surface area contributed by atoms with Crippen molar-refractivity contribution in [3.05, 3.63) is 35.4 Å². The van der Waals surface area contributed by atoms with Crippen LogP contribution in [0, 0.1) is 0 Å². The molecule has 7 heteroatoms. The summed E-state index contributed by atoms with van der Waals surface area (Å²) in [6.07, 6.45) is 4.32. The molecule has 1 aromatic rings. The number of hydrogen-bond donors (Lipinski definition) is 1. The van der Waals surface area contributed by atoms with Crippen LogP contribution in [0.2, 0.25) is 0 Å². The van der Waals surface area contributed by atoms with Gasteiger partial charge < -0.3 is 24.4 Å². The minimum absolute atomic E-state index is 0.756. The fourth-order valence-electron chi connectivity index (χ4n) is 3.81. The zero-order chi connectivity index (χ0) is 20.5. The molecule has 3 rings (SSSR count). The molecule has 0 bridgehead atoms. The topological polar surface area (TPSA) is 58.6 Å². The molecule has 7 nitrogen and oxygen atoms in total. The molecule has 0 atom stereocenters. The summed E-state index contributed by atoms with van der Waals surface area (Å²) in [6, 6.07) is 6.15. The van der Waals surface area contributed by atoms with Crippen molar-refractivity contribution in [3.63, 3.8) is 0 Å². The van der Waals surface area contributed by atoms with Gasteiger partial charge in [-0.2, -0.15) is 0 Å². The average Bonchev–Trinajstić information content (AvgIpc) is 2.78. The van der Waals surface area contributed by atoms with Gasteiger partial charge in [-0.25, -0.2) is 0 Å². The van der Waals surface area contributed by atoms with E-state index in [9.17, 15) is 0 Å². The molecular weight excluding hydrogens is 368 g/mol. The van der Waals surface area contributed by atoms with Gasteiger partial charge >= 0.3 is 0 Å². The average molecular weight is 403 g/mol. The second-order valence-electron chi connectivity index (χ2n) is 7.36. The van der Waals surface area contributed by atoms with Crippen LogP contribution in [0.1, 0.15) is 18.4 Å². The van der Waals surface area contributed by atoms with Crippen molar-refractivity contribution in [1.29, 1.82) is 0 Å². The van der Waals surface area contributed by atoms with E-state index in [4.69, 9.17) is 14.2 Å². The number of nitrogens with one attached hydrogen (secondary N) is 1. The molecule has 0 aliphatic carbocycles. The lowest BCUT2D eigenvalue weighted by atomic mass is 10.1. The van der Waals surface area contributed by atoms with Crippen molar-refractivity contribution >= 4 is 5.96 Å². The molecule has 0 radical (unpaired) electrons. The van der Waals surface area contributed by atoms with Crippen LogP contribution in [0.15, 0.2) is 34.8 Å². The first-order valence-electron chi connectivity index (χ1n) is 10.4. The number of methoxy groups -OCH3 is 2. The van der Waals surface area contributed by atoms with Crippen molar-refractivity contribution in [2.45, 2.75) is 19.4 Å². The van der Waals surface area contributed by atoms with Gasteiger partial charge in [0.05, 0.1) is 27.4 Å². The number of guanidine groups is 1. The van der Waals surface area contributed by atoms with E-state index in [1.54, 1.807) is 14.2 Å². The SMILES string of the molecule is CN=C(NCCC1=CCOCC1)N1CCN(Cc2ccc(OC)c(OC)c2)CC1. The highest BCUT2D eigenvalue weighted by Gasteiger charge is 2.20. The Labute approximate surface area is 174 Å². The lowest BCUT2D eigenvalue weighted by molar-refractivity contribution is 0.153. The molecule has 2 aliphatic heterocycles. The summed E-state index contributed by atoms with van der Waals surface area (Å²) in [6.45, 7) is 7.41. The van der Waals surface area contributed by atoms with Crippen LogP contribution in [-0.4, -0.2) is 83.0 Å². The second-order valence-corrected chi connectivity index (χ2v) is 7.36. The molecule has 0 aromatic heterocycles. The monoisotopic (exact) mass is 402 g/mol. The van der Waals surface area contributed by atoms with E-state index in [0.717, 1.165) is 82.8 Å². The first kappa shape index (κ1) is 21.5. The molecule has 2 aliphatic rings. The van der Waals surface area contributed by atoms with Crippen LogP contribution in [0.25, 0.3) is 0 Å². The molecule has 0 saturated carbocycles. The van der Waals surface area contributed by atoms with Crippen LogP contribution >= 0.6 is 0 Å². The molecule has 0 amide bonds. The third kappa shape index (κ3) is 6.11. The number of aliphatic imine (C=N–C) groups is 1. The Balaban J connectivity index is 1.44. The van der Waals surface area contributed by atoms with Crippen LogP contribution in [0.4, 0.5) is 0 Å². The van der Waals surface area contributed by atoms with E-state index in [1.165, 1.54) is 11.1 Å². The Kier molecular flexibility index (Phi) is 8.19. The van der Waals surface area contributed by atoms with Crippen molar-refractivity contribution in [1.82, 2.24) is 15.1 Å². The summed E-state index contributed by atoms with van der Waals surface area (Å²) in [5.41, 5.74) is 2.72. The van der Waals surface area contributed by atoms with E-state index in [-0.39, 0.29) is 0 Å². The van der Waals surface area contributed by atoms with Gasteiger partial charge in [0.1, 0.15) is 0 Å². The zero-order valence-electron chi connectivity index (χ0n) is 17.9. The minimum Gasteiger partial charge on any atom is -0.493 e. The van der Waals surface area contributed by atoms with Crippen LogP contribution in [-0.2, 0) is 11.3 Å². The normalized spacial score (nSPS) is 18.4. The quantitative estimate of drug-likeness (QED) is 0.428. The van der Waals surface area contributed by atoms with Gasteiger partial charge in [0.15, 0.2) is 17.5 Å².